The molecule has 0 radical (unpaired) electrons. The fourth-order valence-corrected chi connectivity index (χ4v) is 1.88. The Morgan fingerprint density at radius 2 is 1.72 bits per heavy atom. The van der Waals surface area contributed by atoms with E-state index in [2.05, 4.69) is 10.6 Å². The van der Waals surface area contributed by atoms with E-state index in [-0.39, 0.29) is 18.9 Å². The molecule has 1 aromatic rings. The quantitative estimate of drug-likeness (QED) is 0.619. The van der Waals surface area contributed by atoms with E-state index in [0.717, 1.165) is 0 Å². The van der Waals surface area contributed by atoms with Gasteiger partial charge in [-0.05, 0) is 26.0 Å². The summed E-state index contributed by atoms with van der Waals surface area (Å²) >= 11 is 0. The molecule has 0 unspecified atom stereocenters. The van der Waals surface area contributed by atoms with E-state index in [0.29, 0.717) is 30.4 Å². The van der Waals surface area contributed by atoms with Gasteiger partial charge in [0, 0.05) is 25.2 Å². The molecule has 0 saturated heterocycles. The van der Waals surface area contributed by atoms with E-state index in [1.54, 1.807) is 18.2 Å². The van der Waals surface area contributed by atoms with Crippen LogP contribution in [0.4, 0.5) is 5.69 Å². The lowest BCUT2D eigenvalue weighted by molar-refractivity contribution is -0.147. The first kappa shape index (κ1) is 20.3. The molecule has 0 fully saturated rings. The Balaban J connectivity index is 2.49. The molecule has 8 nitrogen and oxygen atoms in total. The standard InChI is InChI=1S/C17H24N2O6/c1-4-23-14-7-6-13(10-15(14)24-5-2)19-16(21)11-25-17(22)8-9-18-12(3)20/h6-7,10H,4-5,8-9,11H2,1-3H3,(H,18,20)(H,19,21). The SMILES string of the molecule is CCOc1ccc(NC(=O)COC(=O)CCNC(C)=O)cc1OCC. The van der Waals surface area contributed by atoms with Gasteiger partial charge in [-0.15, -0.1) is 0 Å². The van der Waals surface area contributed by atoms with E-state index in [1.807, 2.05) is 13.8 Å². The number of amides is 2. The van der Waals surface area contributed by atoms with Crippen molar-refractivity contribution in [2.75, 3.05) is 31.7 Å². The van der Waals surface area contributed by atoms with Crippen LogP contribution in [0.3, 0.4) is 0 Å². The number of carbonyl (C=O) groups excluding carboxylic acids is 3. The van der Waals surface area contributed by atoms with Crippen molar-refractivity contribution in [3.05, 3.63) is 18.2 Å². The smallest absolute Gasteiger partial charge is 0.308 e. The molecular weight excluding hydrogens is 328 g/mol. The minimum atomic E-state index is -0.564. The zero-order valence-corrected chi connectivity index (χ0v) is 14.7. The number of esters is 1. The van der Waals surface area contributed by atoms with Crippen molar-refractivity contribution in [3.63, 3.8) is 0 Å². The van der Waals surface area contributed by atoms with Crippen LogP contribution in [0.1, 0.15) is 27.2 Å². The number of ether oxygens (including phenoxy) is 3. The van der Waals surface area contributed by atoms with Crippen LogP contribution in [0.5, 0.6) is 11.5 Å². The molecular formula is C17H24N2O6. The molecule has 0 aliphatic heterocycles. The summed E-state index contributed by atoms with van der Waals surface area (Å²) in [6.45, 7) is 5.80. The summed E-state index contributed by atoms with van der Waals surface area (Å²) < 4.78 is 15.8. The Kier molecular flexibility index (Phi) is 8.84. The third-order valence-corrected chi connectivity index (χ3v) is 2.89. The van der Waals surface area contributed by atoms with Crippen molar-refractivity contribution in [3.8, 4) is 11.5 Å². The maximum atomic E-state index is 11.8. The topological polar surface area (TPSA) is 103 Å². The van der Waals surface area contributed by atoms with Crippen LogP contribution in [0.2, 0.25) is 0 Å². The van der Waals surface area contributed by atoms with Crippen LogP contribution in [0.15, 0.2) is 18.2 Å². The highest BCUT2D eigenvalue weighted by molar-refractivity contribution is 5.93. The Morgan fingerprint density at radius 3 is 2.36 bits per heavy atom. The molecule has 8 heteroatoms. The molecule has 2 N–H and O–H groups in total. The van der Waals surface area contributed by atoms with Gasteiger partial charge < -0.3 is 24.8 Å². The van der Waals surface area contributed by atoms with E-state index in [1.165, 1.54) is 6.92 Å². The van der Waals surface area contributed by atoms with Gasteiger partial charge in [0.25, 0.3) is 5.91 Å². The van der Waals surface area contributed by atoms with E-state index >= 15 is 0 Å². The number of hydrogen-bond acceptors (Lipinski definition) is 6. The van der Waals surface area contributed by atoms with Gasteiger partial charge in [0.2, 0.25) is 5.91 Å². The van der Waals surface area contributed by atoms with Crippen molar-refractivity contribution in [1.82, 2.24) is 5.32 Å². The summed E-state index contributed by atoms with van der Waals surface area (Å²) in [5.41, 5.74) is 0.506. The highest BCUT2D eigenvalue weighted by atomic mass is 16.5. The van der Waals surface area contributed by atoms with Gasteiger partial charge in [-0.1, -0.05) is 0 Å². The molecule has 0 aliphatic carbocycles. The number of benzene rings is 1. The van der Waals surface area contributed by atoms with E-state index in [9.17, 15) is 14.4 Å². The number of anilines is 1. The first-order valence-electron chi connectivity index (χ1n) is 8.05. The minimum absolute atomic E-state index is 0.00437. The summed E-state index contributed by atoms with van der Waals surface area (Å²) in [6, 6.07) is 5.01. The molecule has 138 valence electrons. The van der Waals surface area contributed by atoms with Crippen molar-refractivity contribution < 1.29 is 28.6 Å². The second kappa shape index (κ2) is 10.9. The maximum Gasteiger partial charge on any atom is 0.308 e. The van der Waals surface area contributed by atoms with Crippen LogP contribution in [0.25, 0.3) is 0 Å². The number of rotatable bonds is 10. The Labute approximate surface area is 146 Å². The first-order valence-corrected chi connectivity index (χ1v) is 8.05. The molecule has 0 aliphatic rings. The highest BCUT2D eigenvalue weighted by Crippen LogP contribution is 2.30. The molecule has 0 atom stereocenters. The highest BCUT2D eigenvalue weighted by Gasteiger charge is 2.11. The van der Waals surface area contributed by atoms with Crippen LogP contribution in [-0.2, 0) is 19.1 Å². The molecule has 0 aromatic heterocycles. The fourth-order valence-electron chi connectivity index (χ4n) is 1.88. The lowest BCUT2D eigenvalue weighted by Crippen LogP contribution is -2.25. The number of hydrogen-bond donors (Lipinski definition) is 2. The van der Waals surface area contributed by atoms with Crippen LogP contribution in [-0.4, -0.2) is 44.1 Å². The van der Waals surface area contributed by atoms with Gasteiger partial charge in [0.05, 0.1) is 19.6 Å². The van der Waals surface area contributed by atoms with Crippen LogP contribution < -0.4 is 20.1 Å². The zero-order valence-electron chi connectivity index (χ0n) is 14.7. The lowest BCUT2D eigenvalue weighted by atomic mass is 10.2. The Morgan fingerprint density at radius 1 is 1.04 bits per heavy atom. The molecule has 2 amide bonds. The monoisotopic (exact) mass is 352 g/mol. The van der Waals surface area contributed by atoms with E-state index in [4.69, 9.17) is 14.2 Å². The largest absolute Gasteiger partial charge is 0.490 e. The number of carbonyl (C=O) groups is 3. The zero-order chi connectivity index (χ0) is 18.7. The predicted molar refractivity (Wildman–Crippen MR) is 91.7 cm³/mol. The van der Waals surface area contributed by atoms with Crippen LogP contribution in [0, 0.1) is 0 Å². The minimum Gasteiger partial charge on any atom is -0.490 e. The molecule has 1 rings (SSSR count). The van der Waals surface area contributed by atoms with E-state index < -0.39 is 18.5 Å². The van der Waals surface area contributed by atoms with Gasteiger partial charge in [0.15, 0.2) is 18.1 Å². The fraction of sp³-hybridized carbons (Fsp3) is 0.471. The molecule has 0 saturated carbocycles. The summed E-state index contributed by atoms with van der Waals surface area (Å²) in [4.78, 5) is 34.0. The van der Waals surface area contributed by atoms with Gasteiger partial charge in [-0.3, -0.25) is 14.4 Å². The molecule has 0 bridgehead atoms. The summed E-state index contributed by atoms with van der Waals surface area (Å²) in [7, 11) is 0. The van der Waals surface area contributed by atoms with Crippen molar-refractivity contribution in [2.24, 2.45) is 0 Å². The normalized spacial score (nSPS) is 9.88. The van der Waals surface area contributed by atoms with Crippen LogP contribution >= 0.6 is 0 Å². The average Bonchev–Trinajstić information content (AvgIpc) is 2.55. The molecule has 0 spiro atoms. The third-order valence-electron chi connectivity index (χ3n) is 2.89. The summed E-state index contributed by atoms with van der Waals surface area (Å²) in [6.07, 6.45) is 0.00437. The number of nitrogens with one attached hydrogen (secondary N) is 2. The average molecular weight is 352 g/mol. The van der Waals surface area contributed by atoms with Crippen molar-refractivity contribution in [1.29, 1.82) is 0 Å². The van der Waals surface area contributed by atoms with Crippen molar-refractivity contribution in [2.45, 2.75) is 27.2 Å². The summed E-state index contributed by atoms with van der Waals surface area (Å²) in [5, 5.41) is 5.09. The second-order valence-corrected chi connectivity index (χ2v) is 4.97. The Bertz CT molecular complexity index is 603. The van der Waals surface area contributed by atoms with Crippen molar-refractivity contribution >= 4 is 23.5 Å². The lowest BCUT2D eigenvalue weighted by Gasteiger charge is -2.13. The van der Waals surface area contributed by atoms with Gasteiger partial charge in [-0.25, -0.2) is 0 Å². The van der Waals surface area contributed by atoms with Gasteiger partial charge >= 0.3 is 5.97 Å². The maximum absolute atomic E-state index is 11.8. The first-order chi connectivity index (χ1) is 12.0. The molecule has 25 heavy (non-hydrogen) atoms. The second-order valence-electron chi connectivity index (χ2n) is 4.97. The molecule has 0 heterocycles. The summed E-state index contributed by atoms with van der Waals surface area (Å²) in [5.74, 6) is -0.155. The molecule has 1 aromatic carbocycles. The predicted octanol–water partition coefficient (Wildman–Crippen LogP) is 1.49. The third kappa shape index (κ3) is 8.05. The van der Waals surface area contributed by atoms with Gasteiger partial charge in [0.1, 0.15) is 0 Å². The Hall–Kier alpha value is -2.77. The van der Waals surface area contributed by atoms with Gasteiger partial charge in [-0.2, -0.15) is 0 Å².